The van der Waals surface area contributed by atoms with E-state index in [0.717, 1.165) is 22.7 Å². The molecule has 64 heavy (non-hydrogen) atoms. The fraction of sp³-hybridized carbons (Fsp3) is 0.0968. The van der Waals surface area contributed by atoms with Crippen LogP contribution in [0.1, 0.15) is 49.9 Å². The molecule has 2 aliphatic carbocycles. The lowest BCUT2D eigenvalue weighted by atomic mass is 9.81. The van der Waals surface area contributed by atoms with E-state index in [-0.39, 0.29) is 10.8 Å². The molecule has 306 valence electrons. The van der Waals surface area contributed by atoms with Crippen molar-refractivity contribution in [3.05, 3.63) is 241 Å². The van der Waals surface area contributed by atoms with Gasteiger partial charge in [-0.2, -0.15) is 0 Å². The van der Waals surface area contributed by atoms with Crippen LogP contribution in [0.4, 0.5) is 17.1 Å². The van der Waals surface area contributed by atoms with Gasteiger partial charge in [-0.15, -0.1) is 0 Å². The Morgan fingerprint density at radius 2 is 0.844 bits per heavy atom. The SMILES string of the molecule is CC1(C)c2ccccc2-c2ccc(N(c3ccccc3)c3ccc(-c4ccc5c(c4)C(C)(C)c4cc6c(cc4-5)c(-c4ccccc4)c(-c4ccccc4)n6-c4ccccc4)cc3)cc21. The van der Waals surface area contributed by atoms with E-state index in [0.29, 0.717) is 0 Å². The van der Waals surface area contributed by atoms with Gasteiger partial charge < -0.3 is 9.47 Å². The zero-order chi connectivity index (χ0) is 43.2. The standard InChI is InChI=1S/C62H48N2/c1-61(2)54-28-18-17-27-49(54)50-36-34-48(38-56(50)61)63(45-23-13-7-14-24-45)47-32-29-41(30-33-47)44-31-35-51-52-39-53-58(40-57(52)62(3,4)55(51)37-44)64(46-25-15-8-16-26-46)60(43-21-11-6-12-22-43)59(53)42-19-9-5-10-20-42/h5-40H,1-4H3. The van der Waals surface area contributed by atoms with Crippen molar-refractivity contribution in [2.24, 2.45) is 0 Å². The van der Waals surface area contributed by atoms with Gasteiger partial charge in [0.05, 0.1) is 11.2 Å². The monoisotopic (exact) mass is 820 g/mol. The lowest BCUT2D eigenvalue weighted by Crippen LogP contribution is -2.16. The van der Waals surface area contributed by atoms with Crippen molar-refractivity contribution < 1.29 is 0 Å². The Labute approximate surface area is 376 Å². The van der Waals surface area contributed by atoms with Gasteiger partial charge in [-0.25, -0.2) is 0 Å². The first-order chi connectivity index (χ1) is 31.3. The van der Waals surface area contributed by atoms with Gasteiger partial charge in [0, 0.05) is 44.5 Å². The van der Waals surface area contributed by atoms with E-state index in [4.69, 9.17) is 0 Å². The summed E-state index contributed by atoms with van der Waals surface area (Å²) in [6.07, 6.45) is 0. The Balaban J connectivity index is 0.961. The van der Waals surface area contributed by atoms with Crippen LogP contribution in [0.25, 0.3) is 72.4 Å². The van der Waals surface area contributed by atoms with Crippen LogP contribution >= 0.6 is 0 Å². The van der Waals surface area contributed by atoms with E-state index in [2.05, 4.69) is 256 Å². The van der Waals surface area contributed by atoms with Crippen molar-refractivity contribution in [3.8, 4) is 61.5 Å². The molecular weight excluding hydrogens is 773 g/mol. The molecule has 12 rings (SSSR count). The molecule has 0 bridgehead atoms. The van der Waals surface area contributed by atoms with Gasteiger partial charge in [0.15, 0.2) is 0 Å². The minimum absolute atomic E-state index is 0.0808. The summed E-state index contributed by atoms with van der Waals surface area (Å²) in [6.45, 7) is 9.51. The van der Waals surface area contributed by atoms with Crippen molar-refractivity contribution in [1.82, 2.24) is 4.57 Å². The average Bonchev–Trinajstić information content (AvgIpc) is 3.88. The molecule has 0 aliphatic heterocycles. The summed E-state index contributed by atoms with van der Waals surface area (Å²) >= 11 is 0. The van der Waals surface area contributed by atoms with Gasteiger partial charge in [-0.3, -0.25) is 0 Å². The molecule has 1 heterocycles. The van der Waals surface area contributed by atoms with Crippen LogP contribution in [-0.2, 0) is 10.8 Å². The molecule has 0 unspecified atom stereocenters. The fourth-order valence-corrected chi connectivity index (χ4v) is 11.0. The van der Waals surface area contributed by atoms with E-state index < -0.39 is 0 Å². The molecule has 2 heteroatoms. The summed E-state index contributed by atoms with van der Waals surface area (Å²) in [5.74, 6) is 0. The van der Waals surface area contributed by atoms with Crippen LogP contribution in [0.5, 0.6) is 0 Å². The third-order valence-corrected chi connectivity index (χ3v) is 14.2. The normalized spacial score (nSPS) is 13.9. The van der Waals surface area contributed by atoms with E-state index in [9.17, 15) is 0 Å². The fourth-order valence-electron chi connectivity index (χ4n) is 11.0. The molecule has 0 saturated heterocycles. The van der Waals surface area contributed by atoms with Gasteiger partial charge in [0.1, 0.15) is 0 Å². The van der Waals surface area contributed by atoms with Gasteiger partial charge in [0.25, 0.3) is 0 Å². The molecule has 0 N–H and O–H groups in total. The Hall–Kier alpha value is -7.68. The van der Waals surface area contributed by atoms with E-state index in [1.807, 2.05) is 0 Å². The molecule has 0 spiro atoms. The van der Waals surface area contributed by atoms with Gasteiger partial charge in [-0.1, -0.05) is 179 Å². The van der Waals surface area contributed by atoms with E-state index in [1.165, 1.54) is 88.9 Å². The first-order valence-electron chi connectivity index (χ1n) is 22.5. The van der Waals surface area contributed by atoms with Crippen molar-refractivity contribution in [1.29, 1.82) is 0 Å². The van der Waals surface area contributed by atoms with Crippen LogP contribution in [0.3, 0.4) is 0 Å². The molecule has 10 aromatic rings. The van der Waals surface area contributed by atoms with Crippen molar-refractivity contribution >= 4 is 28.0 Å². The second-order valence-electron chi connectivity index (χ2n) is 18.5. The minimum atomic E-state index is -0.217. The summed E-state index contributed by atoms with van der Waals surface area (Å²) in [4.78, 5) is 2.39. The highest BCUT2D eigenvalue weighted by Crippen LogP contribution is 2.54. The van der Waals surface area contributed by atoms with Crippen LogP contribution in [0.2, 0.25) is 0 Å². The molecule has 2 aliphatic rings. The first-order valence-corrected chi connectivity index (χ1v) is 22.5. The third kappa shape index (κ3) is 5.79. The molecule has 2 nitrogen and oxygen atoms in total. The summed E-state index contributed by atoms with van der Waals surface area (Å²) in [5.41, 5.74) is 23.6. The Bertz CT molecular complexity index is 3390. The van der Waals surface area contributed by atoms with Crippen molar-refractivity contribution in [3.63, 3.8) is 0 Å². The highest BCUT2D eigenvalue weighted by atomic mass is 15.1. The number of hydrogen-bond acceptors (Lipinski definition) is 1. The molecule has 9 aromatic carbocycles. The zero-order valence-corrected chi connectivity index (χ0v) is 36.7. The van der Waals surface area contributed by atoms with Crippen LogP contribution in [-0.4, -0.2) is 4.57 Å². The maximum absolute atomic E-state index is 2.49. The maximum atomic E-state index is 2.49. The maximum Gasteiger partial charge on any atom is 0.0619 e. The molecule has 0 saturated carbocycles. The number of benzene rings is 9. The summed E-state index contributed by atoms with van der Waals surface area (Å²) in [7, 11) is 0. The number of nitrogens with zero attached hydrogens (tertiary/aromatic N) is 2. The average molecular weight is 821 g/mol. The predicted molar refractivity (Wildman–Crippen MR) is 269 cm³/mol. The van der Waals surface area contributed by atoms with Crippen LogP contribution in [0, 0.1) is 0 Å². The van der Waals surface area contributed by atoms with Gasteiger partial charge in [-0.05, 0) is 133 Å². The first kappa shape index (κ1) is 38.0. The molecule has 0 atom stereocenters. The van der Waals surface area contributed by atoms with Crippen LogP contribution in [0.15, 0.2) is 218 Å². The highest BCUT2D eigenvalue weighted by Gasteiger charge is 2.38. The lowest BCUT2D eigenvalue weighted by Gasteiger charge is -2.28. The second kappa shape index (κ2) is 14.4. The largest absolute Gasteiger partial charge is 0.310 e. The Morgan fingerprint density at radius 1 is 0.344 bits per heavy atom. The third-order valence-electron chi connectivity index (χ3n) is 14.2. The molecular formula is C62H48N2. The van der Waals surface area contributed by atoms with Crippen molar-refractivity contribution in [2.75, 3.05) is 4.90 Å². The zero-order valence-electron chi connectivity index (χ0n) is 36.7. The smallest absolute Gasteiger partial charge is 0.0619 e. The number of anilines is 3. The second-order valence-corrected chi connectivity index (χ2v) is 18.5. The van der Waals surface area contributed by atoms with E-state index >= 15 is 0 Å². The van der Waals surface area contributed by atoms with Gasteiger partial charge >= 0.3 is 0 Å². The Morgan fingerprint density at radius 3 is 1.56 bits per heavy atom. The van der Waals surface area contributed by atoms with Gasteiger partial charge in [0.2, 0.25) is 0 Å². The summed E-state index contributed by atoms with van der Waals surface area (Å²) in [6, 6.07) is 80.6. The predicted octanol–water partition coefficient (Wildman–Crippen LogP) is 16.7. The quantitative estimate of drug-likeness (QED) is 0.155. The number of fused-ring (bicyclic) bond motifs is 7. The number of hydrogen-bond donors (Lipinski definition) is 0. The molecule has 0 amide bonds. The minimum Gasteiger partial charge on any atom is -0.310 e. The summed E-state index contributed by atoms with van der Waals surface area (Å²) < 4.78 is 2.49. The number of rotatable bonds is 7. The summed E-state index contributed by atoms with van der Waals surface area (Å²) in [5, 5.41) is 1.26. The lowest BCUT2D eigenvalue weighted by molar-refractivity contribution is 0.660. The van der Waals surface area contributed by atoms with Crippen molar-refractivity contribution in [2.45, 2.75) is 38.5 Å². The van der Waals surface area contributed by atoms with E-state index in [1.54, 1.807) is 0 Å². The molecule has 0 radical (unpaired) electrons. The molecule has 1 aromatic heterocycles. The Kier molecular flexibility index (Phi) is 8.58. The highest BCUT2D eigenvalue weighted by molar-refractivity contribution is 6.08. The number of para-hydroxylation sites is 2. The molecule has 0 fully saturated rings. The van der Waals surface area contributed by atoms with Crippen LogP contribution < -0.4 is 4.90 Å². The topological polar surface area (TPSA) is 8.17 Å². The number of aromatic nitrogens is 1.